The van der Waals surface area contributed by atoms with E-state index in [1.807, 2.05) is 84.3 Å². The minimum absolute atomic E-state index is 0.0954. The van der Waals surface area contributed by atoms with Crippen LogP contribution in [0.25, 0.3) is 17.1 Å². The average Bonchev–Trinajstić information content (AvgIpc) is 3.23. The van der Waals surface area contributed by atoms with Crippen molar-refractivity contribution in [3.8, 4) is 17.1 Å². The molecule has 32 heavy (non-hydrogen) atoms. The van der Waals surface area contributed by atoms with E-state index in [0.717, 1.165) is 28.9 Å². The van der Waals surface area contributed by atoms with Crippen molar-refractivity contribution in [3.05, 3.63) is 88.9 Å². The smallest absolute Gasteiger partial charge is 0.234 e. The molecule has 0 radical (unpaired) electrons. The predicted octanol–water partition coefficient (Wildman–Crippen LogP) is 6.19. The molecule has 0 aliphatic heterocycles. The molecule has 162 valence electrons. The number of aryl methyl sites for hydroxylation is 2. The summed E-state index contributed by atoms with van der Waals surface area (Å²) in [6, 6.07) is 23.5. The Morgan fingerprint density at radius 1 is 1.03 bits per heavy atom. The quantitative estimate of drug-likeness (QED) is 0.333. The molecule has 4 rings (SSSR count). The number of nitrogens with one attached hydrogen (secondary N) is 1. The van der Waals surface area contributed by atoms with Gasteiger partial charge >= 0.3 is 0 Å². The van der Waals surface area contributed by atoms with Gasteiger partial charge in [0.25, 0.3) is 0 Å². The number of nitrogens with zero attached hydrogens (tertiary/aromatic N) is 3. The maximum atomic E-state index is 12.5. The van der Waals surface area contributed by atoms with Gasteiger partial charge in [0.05, 0.1) is 5.75 Å². The van der Waals surface area contributed by atoms with Gasteiger partial charge in [-0.05, 0) is 55.3 Å². The van der Waals surface area contributed by atoms with E-state index in [1.54, 1.807) is 0 Å². The van der Waals surface area contributed by atoms with Crippen molar-refractivity contribution >= 4 is 35.0 Å². The van der Waals surface area contributed by atoms with Crippen LogP contribution in [0.2, 0.25) is 5.02 Å². The van der Waals surface area contributed by atoms with E-state index < -0.39 is 0 Å². The van der Waals surface area contributed by atoms with Gasteiger partial charge < -0.3 is 5.32 Å². The molecule has 1 N–H and O–H groups in total. The number of hydrogen-bond acceptors (Lipinski definition) is 4. The van der Waals surface area contributed by atoms with Crippen LogP contribution in [-0.4, -0.2) is 26.4 Å². The van der Waals surface area contributed by atoms with E-state index in [2.05, 4.69) is 22.4 Å². The van der Waals surface area contributed by atoms with E-state index in [0.29, 0.717) is 16.0 Å². The molecule has 4 aromatic rings. The number of aromatic nitrogens is 3. The number of carbonyl (C=O) groups is 1. The minimum atomic E-state index is -0.0954. The summed E-state index contributed by atoms with van der Waals surface area (Å²) in [7, 11) is 0. The lowest BCUT2D eigenvalue weighted by Crippen LogP contribution is -2.14. The molecule has 0 atom stereocenters. The summed E-state index contributed by atoms with van der Waals surface area (Å²) in [5, 5.41) is 13.0. The second-order valence-corrected chi connectivity index (χ2v) is 8.75. The van der Waals surface area contributed by atoms with Crippen LogP contribution in [0.4, 0.5) is 5.69 Å². The van der Waals surface area contributed by atoms with E-state index in [9.17, 15) is 4.79 Å². The molecular weight excluding hydrogens is 440 g/mol. The summed E-state index contributed by atoms with van der Waals surface area (Å²) in [6.07, 6.45) is 0.966. The molecule has 0 bridgehead atoms. The van der Waals surface area contributed by atoms with Crippen molar-refractivity contribution in [3.63, 3.8) is 0 Å². The van der Waals surface area contributed by atoms with Gasteiger partial charge in [0.2, 0.25) is 5.91 Å². The monoisotopic (exact) mass is 462 g/mol. The lowest BCUT2D eigenvalue weighted by molar-refractivity contribution is -0.113. The van der Waals surface area contributed by atoms with Gasteiger partial charge in [0.1, 0.15) is 0 Å². The van der Waals surface area contributed by atoms with E-state index in [-0.39, 0.29) is 11.7 Å². The highest BCUT2D eigenvalue weighted by Gasteiger charge is 2.17. The fourth-order valence-corrected chi connectivity index (χ4v) is 4.20. The zero-order valence-corrected chi connectivity index (χ0v) is 19.5. The number of thioether (sulfide) groups is 1. The standard InChI is InChI=1S/C25H23ClN4OS/c1-3-18-9-11-21(12-10-18)27-23(31)16-32-25-29-28-24(19-5-4-6-20(26)15-19)30(25)22-13-7-17(2)8-14-22/h4-15H,3,16H2,1-2H3,(H,27,31). The summed E-state index contributed by atoms with van der Waals surface area (Å²) in [6.45, 7) is 4.15. The summed E-state index contributed by atoms with van der Waals surface area (Å²) in [4.78, 5) is 12.5. The Labute approximate surface area is 196 Å². The Hall–Kier alpha value is -3.09. The van der Waals surface area contributed by atoms with Crippen LogP contribution in [-0.2, 0) is 11.2 Å². The summed E-state index contributed by atoms with van der Waals surface area (Å²) in [5.74, 6) is 0.797. The topological polar surface area (TPSA) is 59.8 Å². The molecule has 0 unspecified atom stereocenters. The molecule has 1 aromatic heterocycles. The Morgan fingerprint density at radius 3 is 2.47 bits per heavy atom. The largest absolute Gasteiger partial charge is 0.325 e. The SMILES string of the molecule is CCc1ccc(NC(=O)CSc2nnc(-c3cccc(Cl)c3)n2-c2ccc(C)cc2)cc1. The molecule has 5 nitrogen and oxygen atoms in total. The molecule has 1 heterocycles. The third-order valence-electron chi connectivity index (χ3n) is 4.99. The van der Waals surface area contributed by atoms with Crippen molar-refractivity contribution in [2.75, 3.05) is 11.1 Å². The first-order valence-corrected chi connectivity index (χ1v) is 11.7. The molecule has 0 aliphatic rings. The van der Waals surface area contributed by atoms with Gasteiger partial charge in [-0.3, -0.25) is 9.36 Å². The van der Waals surface area contributed by atoms with E-state index in [4.69, 9.17) is 11.6 Å². The summed E-state index contributed by atoms with van der Waals surface area (Å²) < 4.78 is 1.96. The van der Waals surface area contributed by atoms with Gasteiger partial charge in [-0.15, -0.1) is 10.2 Å². The average molecular weight is 463 g/mol. The fourth-order valence-electron chi connectivity index (χ4n) is 3.26. The lowest BCUT2D eigenvalue weighted by Gasteiger charge is -2.11. The Kier molecular flexibility index (Phi) is 6.93. The van der Waals surface area contributed by atoms with Gasteiger partial charge in [-0.1, -0.05) is 72.2 Å². The van der Waals surface area contributed by atoms with Crippen LogP contribution in [0.15, 0.2) is 78.0 Å². The molecule has 1 amide bonds. The normalized spacial score (nSPS) is 10.8. The van der Waals surface area contributed by atoms with Crippen molar-refractivity contribution in [2.45, 2.75) is 25.4 Å². The zero-order chi connectivity index (χ0) is 22.5. The van der Waals surface area contributed by atoms with Crippen LogP contribution < -0.4 is 5.32 Å². The highest BCUT2D eigenvalue weighted by Crippen LogP contribution is 2.29. The van der Waals surface area contributed by atoms with Gasteiger partial charge in [-0.2, -0.15) is 0 Å². The Morgan fingerprint density at radius 2 is 1.78 bits per heavy atom. The first kappa shape index (κ1) is 22.1. The highest BCUT2D eigenvalue weighted by molar-refractivity contribution is 7.99. The molecule has 7 heteroatoms. The molecular formula is C25H23ClN4OS. The van der Waals surface area contributed by atoms with E-state index >= 15 is 0 Å². The maximum absolute atomic E-state index is 12.5. The lowest BCUT2D eigenvalue weighted by atomic mass is 10.1. The molecule has 3 aromatic carbocycles. The fraction of sp³-hybridized carbons (Fsp3) is 0.160. The molecule has 0 aliphatic carbocycles. The van der Waals surface area contributed by atoms with Crippen LogP contribution in [0.5, 0.6) is 0 Å². The van der Waals surface area contributed by atoms with Crippen molar-refractivity contribution < 1.29 is 4.79 Å². The van der Waals surface area contributed by atoms with Gasteiger partial charge in [0, 0.05) is 22.0 Å². The number of benzene rings is 3. The second kappa shape index (κ2) is 10.0. The maximum Gasteiger partial charge on any atom is 0.234 e. The number of anilines is 1. The minimum Gasteiger partial charge on any atom is -0.325 e. The van der Waals surface area contributed by atoms with Crippen molar-refractivity contribution in [1.29, 1.82) is 0 Å². The Bertz CT molecular complexity index is 1220. The summed E-state index contributed by atoms with van der Waals surface area (Å²) in [5.41, 5.74) is 4.96. The van der Waals surface area contributed by atoms with Crippen LogP contribution >= 0.6 is 23.4 Å². The Balaban J connectivity index is 1.57. The molecule has 0 spiro atoms. The number of halogens is 1. The second-order valence-electron chi connectivity index (χ2n) is 7.37. The number of amides is 1. The van der Waals surface area contributed by atoms with Crippen LogP contribution in [0.3, 0.4) is 0 Å². The number of carbonyl (C=O) groups excluding carboxylic acids is 1. The van der Waals surface area contributed by atoms with Gasteiger partial charge in [-0.25, -0.2) is 0 Å². The molecule has 0 saturated carbocycles. The van der Waals surface area contributed by atoms with E-state index in [1.165, 1.54) is 17.3 Å². The number of hydrogen-bond donors (Lipinski definition) is 1. The van der Waals surface area contributed by atoms with Crippen molar-refractivity contribution in [1.82, 2.24) is 14.8 Å². The van der Waals surface area contributed by atoms with Crippen molar-refractivity contribution in [2.24, 2.45) is 0 Å². The first-order valence-electron chi connectivity index (χ1n) is 10.3. The third kappa shape index (κ3) is 5.21. The van der Waals surface area contributed by atoms with Crippen LogP contribution in [0, 0.1) is 6.92 Å². The van der Waals surface area contributed by atoms with Crippen LogP contribution in [0.1, 0.15) is 18.1 Å². The molecule has 0 fully saturated rings. The highest BCUT2D eigenvalue weighted by atomic mass is 35.5. The zero-order valence-electron chi connectivity index (χ0n) is 17.9. The van der Waals surface area contributed by atoms with Gasteiger partial charge in [0.15, 0.2) is 11.0 Å². The molecule has 0 saturated heterocycles. The first-order chi connectivity index (χ1) is 15.5. The summed E-state index contributed by atoms with van der Waals surface area (Å²) >= 11 is 7.55. The predicted molar refractivity (Wildman–Crippen MR) is 132 cm³/mol. The third-order valence-corrected chi connectivity index (χ3v) is 6.15. The number of rotatable bonds is 7.